The minimum absolute atomic E-state index is 0.219. The molecule has 1 aliphatic carbocycles. The number of benzene rings is 1. The lowest BCUT2D eigenvalue weighted by molar-refractivity contribution is -0.142. The van der Waals surface area contributed by atoms with Gasteiger partial charge < -0.3 is 20.4 Å². The van der Waals surface area contributed by atoms with Gasteiger partial charge in [-0.15, -0.1) is 0 Å². The number of carboxylic acid groups (broad SMARTS) is 1. The van der Waals surface area contributed by atoms with Crippen molar-refractivity contribution in [1.29, 1.82) is 0 Å². The number of carbonyl (C=O) groups excluding carboxylic acids is 2. The molecule has 1 heterocycles. The van der Waals surface area contributed by atoms with Crippen molar-refractivity contribution in [3.63, 3.8) is 0 Å². The van der Waals surface area contributed by atoms with Crippen molar-refractivity contribution in [3.8, 4) is 0 Å². The Hall–Kier alpha value is -3.50. The molecule has 5 N–H and O–H groups in total. The summed E-state index contributed by atoms with van der Waals surface area (Å²) in [5.74, 6) is -1.16. The number of urea groups is 1. The second-order valence-corrected chi connectivity index (χ2v) is 14.3. The Balaban J connectivity index is 1.81. The van der Waals surface area contributed by atoms with Crippen LogP contribution in [-0.2, 0) is 22.4 Å². The van der Waals surface area contributed by atoms with Crippen molar-refractivity contribution in [3.05, 3.63) is 66.0 Å². The molecule has 0 unspecified atom stereocenters. The highest BCUT2D eigenvalue weighted by atomic mass is 16.4. The van der Waals surface area contributed by atoms with E-state index in [0.29, 0.717) is 18.8 Å². The van der Waals surface area contributed by atoms with Gasteiger partial charge in [0.25, 0.3) is 0 Å². The van der Waals surface area contributed by atoms with Crippen LogP contribution in [0.4, 0.5) is 4.79 Å². The lowest BCUT2D eigenvalue weighted by Gasteiger charge is -2.37. The number of rotatable bonds is 18. The van der Waals surface area contributed by atoms with Gasteiger partial charge in [0.15, 0.2) is 0 Å². The maximum absolute atomic E-state index is 14.1. The molecule has 0 bridgehead atoms. The van der Waals surface area contributed by atoms with Crippen LogP contribution in [0.15, 0.2) is 54.7 Å². The molecular formula is C37H57N5O5. The first-order valence-corrected chi connectivity index (χ1v) is 17.4. The topological polar surface area (TPSA) is 144 Å². The number of aliphatic carboxylic acids is 1. The van der Waals surface area contributed by atoms with E-state index >= 15 is 0 Å². The number of hydrogen-bond acceptors (Lipinski definition) is 6. The number of carboxylic acids is 1. The third kappa shape index (κ3) is 13.6. The number of aryl methyl sites for hydroxylation is 1. The van der Waals surface area contributed by atoms with E-state index in [2.05, 4.69) is 21.2 Å². The fourth-order valence-electron chi connectivity index (χ4n) is 6.39. The smallest absolute Gasteiger partial charge is 0.332 e. The van der Waals surface area contributed by atoms with Crippen molar-refractivity contribution in [2.24, 2.45) is 11.3 Å². The molecule has 1 aromatic heterocycles. The molecule has 10 heteroatoms. The number of pyridine rings is 1. The van der Waals surface area contributed by atoms with E-state index in [9.17, 15) is 24.6 Å². The van der Waals surface area contributed by atoms with Gasteiger partial charge in [-0.3, -0.25) is 15.2 Å². The zero-order valence-corrected chi connectivity index (χ0v) is 28.8. The molecule has 260 valence electrons. The Morgan fingerprint density at radius 1 is 1.00 bits per heavy atom. The van der Waals surface area contributed by atoms with E-state index in [4.69, 9.17) is 0 Å². The molecule has 1 fully saturated rings. The number of hydrogen-bond donors (Lipinski definition) is 5. The van der Waals surface area contributed by atoms with Crippen molar-refractivity contribution in [1.82, 2.24) is 26.1 Å². The molecule has 1 aliphatic rings. The van der Waals surface area contributed by atoms with Gasteiger partial charge in [0, 0.05) is 24.9 Å². The van der Waals surface area contributed by atoms with E-state index in [1.807, 2.05) is 76.2 Å². The molecule has 0 saturated heterocycles. The number of aromatic nitrogens is 1. The van der Waals surface area contributed by atoms with Crippen LogP contribution in [0.3, 0.4) is 0 Å². The van der Waals surface area contributed by atoms with Gasteiger partial charge in [0.2, 0.25) is 5.91 Å². The first kappa shape index (κ1) is 38.0. The van der Waals surface area contributed by atoms with Crippen molar-refractivity contribution < 1.29 is 24.6 Å². The highest BCUT2D eigenvalue weighted by molar-refractivity contribution is 5.90. The average molecular weight is 652 g/mol. The normalized spacial score (nSPS) is 16.4. The summed E-state index contributed by atoms with van der Waals surface area (Å²) in [5.41, 5.74) is 7.53. The van der Waals surface area contributed by atoms with E-state index in [-0.39, 0.29) is 30.8 Å². The summed E-state index contributed by atoms with van der Waals surface area (Å²) in [6.45, 7) is 8.09. The van der Waals surface area contributed by atoms with Gasteiger partial charge in [0.05, 0.1) is 12.1 Å². The maximum Gasteiger partial charge on any atom is 0.332 e. The van der Waals surface area contributed by atoms with E-state index < -0.39 is 36.1 Å². The lowest BCUT2D eigenvalue weighted by atomic mass is 9.83. The second-order valence-electron chi connectivity index (χ2n) is 14.3. The molecular weight excluding hydrogens is 594 g/mol. The molecule has 0 radical (unpaired) electrons. The number of carbonyl (C=O) groups is 3. The van der Waals surface area contributed by atoms with E-state index in [1.165, 1.54) is 24.2 Å². The molecule has 3 rings (SSSR count). The highest BCUT2D eigenvalue weighted by Crippen LogP contribution is 2.28. The van der Waals surface area contributed by atoms with Crippen molar-refractivity contribution in [2.75, 3.05) is 6.54 Å². The summed E-state index contributed by atoms with van der Waals surface area (Å²) in [4.78, 5) is 45.8. The Bertz CT molecular complexity index is 1220. The fourth-order valence-corrected chi connectivity index (χ4v) is 6.39. The molecule has 3 amide bonds. The first-order valence-electron chi connectivity index (χ1n) is 17.4. The van der Waals surface area contributed by atoms with Crippen LogP contribution < -0.4 is 16.2 Å². The zero-order valence-electron chi connectivity index (χ0n) is 28.8. The fraction of sp³-hybridized carbons (Fsp3) is 0.622. The van der Waals surface area contributed by atoms with E-state index in [1.54, 1.807) is 6.20 Å². The van der Waals surface area contributed by atoms with Crippen LogP contribution in [0, 0.1) is 11.3 Å². The van der Waals surface area contributed by atoms with Crippen LogP contribution >= 0.6 is 0 Å². The van der Waals surface area contributed by atoms with Gasteiger partial charge in [-0.1, -0.05) is 103 Å². The monoisotopic (exact) mass is 651 g/mol. The third-order valence-electron chi connectivity index (χ3n) is 8.85. The first-order chi connectivity index (χ1) is 22.5. The minimum Gasteiger partial charge on any atom is -0.480 e. The van der Waals surface area contributed by atoms with Crippen LogP contribution in [-0.4, -0.2) is 68.8 Å². The predicted molar refractivity (Wildman–Crippen MR) is 184 cm³/mol. The molecule has 0 aliphatic heterocycles. The number of aliphatic hydroxyl groups excluding tert-OH is 1. The second kappa shape index (κ2) is 19.4. The third-order valence-corrected chi connectivity index (χ3v) is 8.85. The molecule has 10 nitrogen and oxygen atoms in total. The van der Waals surface area contributed by atoms with Crippen LogP contribution in [0.2, 0.25) is 0 Å². The molecule has 4 atom stereocenters. The van der Waals surface area contributed by atoms with Crippen molar-refractivity contribution in [2.45, 2.75) is 129 Å². The lowest BCUT2D eigenvalue weighted by Crippen LogP contribution is -2.61. The van der Waals surface area contributed by atoms with Gasteiger partial charge in [-0.05, 0) is 61.1 Å². The predicted octanol–water partition coefficient (Wildman–Crippen LogP) is 5.65. The summed E-state index contributed by atoms with van der Waals surface area (Å²) >= 11 is 0. The SMILES string of the molecule is CCC[C@H](NC(=O)[C@H](Cc1ccccc1)N(CC(C)(C)C)C(=O)NN[C@@H](CC1CCCCC1)[C@@H](O)CCCc1ccccn1)C(=O)O. The average Bonchev–Trinajstić information content (AvgIpc) is 3.05. The number of aliphatic hydroxyl groups is 1. The van der Waals surface area contributed by atoms with E-state index in [0.717, 1.165) is 43.4 Å². The number of amides is 3. The number of nitrogens with zero attached hydrogens (tertiary/aromatic N) is 2. The molecule has 47 heavy (non-hydrogen) atoms. The minimum atomic E-state index is -1.10. The largest absolute Gasteiger partial charge is 0.480 e. The summed E-state index contributed by atoms with van der Waals surface area (Å²) < 4.78 is 0. The quantitative estimate of drug-likeness (QED) is 0.131. The number of hydrazine groups is 1. The van der Waals surface area contributed by atoms with Gasteiger partial charge in [-0.2, -0.15) is 0 Å². The Morgan fingerprint density at radius 3 is 2.32 bits per heavy atom. The van der Waals surface area contributed by atoms with Crippen LogP contribution in [0.1, 0.15) is 103 Å². The summed E-state index contributed by atoms with van der Waals surface area (Å²) in [6, 6.07) is 12.4. The van der Waals surface area contributed by atoms with Crippen LogP contribution in [0.25, 0.3) is 0 Å². The summed E-state index contributed by atoms with van der Waals surface area (Å²) in [7, 11) is 0. The molecule has 1 saturated carbocycles. The maximum atomic E-state index is 14.1. The highest BCUT2D eigenvalue weighted by Gasteiger charge is 2.35. The molecule has 0 spiro atoms. The Kier molecular flexibility index (Phi) is 15.6. The van der Waals surface area contributed by atoms with Gasteiger partial charge in [0.1, 0.15) is 12.1 Å². The van der Waals surface area contributed by atoms with Gasteiger partial charge >= 0.3 is 12.0 Å². The summed E-state index contributed by atoms with van der Waals surface area (Å²) in [5, 5.41) is 23.9. The standard InChI is InChI=1S/C37H57N5O5/c1-5-15-30(35(45)46)39-34(44)32(25-28-18-10-7-11-19-28)42(26-37(2,3)4)36(47)41-40-31(24-27-16-8-6-9-17-27)33(43)22-14-21-29-20-12-13-23-38-29/h7,10-13,18-20,23,27,30-33,40,43H,5-6,8-9,14-17,21-22,24-26H2,1-4H3,(H,39,44)(H,41,47)(H,45,46)/t30-,31-,32-,33-/m0/s1. The zero-order chi connectivity index (χ0) is 34.2. The Labute approximate surface area is 281 Å². The van der Waals surface area contributed by atoms with Crippen LogP contribution in [0.5, 0.6) is 0 Å². The number of nitrogens with one attached hydrogen (secondary N) is 3. The van der Waals surface area contributed by atoms with Crippen molar-refractivity contribution >= 4 is 17.9 Å². The summed E-state index contributed by atoms with van der Waals surface area (Å²) in [6.07, 6.45) is 10.7. The molecule has 2 aromatic rings. The Morgan fingerprint density at radius 2 is 1.70 bits per heavy atom. The molecule has 1 aromatic carbocycles. The van der Waals surface area contributed by atoms with Gasteiger partial charge in [-0.25, -0.2) is 15.0 Å².